The lowest BCUT2D eigenvalue weighted by atomic mass is 10.2. The summed E-state index contributed by atoms with van der Waals surface area (Å²) >= 11 is 3.20. The lowest BCUT2D eigenvalue weighted by Gasteiger charge is -2.11. The van der Waals surface area contributed by atoms with Gasteiger partial charge in [-0.1, -0.05) is 13.3 Å². The number of halogens is 1. The van der Waals surface area contributed by atoms with Gasteiger partial charge in [-0.25, -0.2) is 13.1 Å². The molecule has 0 amide bonds. The minimum atomic E-state index is -3.61. The number of hydrogen-bond acceptors (Lipinski definition) is 4. The first kappa shape index (κ1) is 16.1. The van der Waals surface area contributed by atoms with E-state index in [2.05, 4.69) is 20.7 Å². The summed E-state index contributed by atoms with van der Waals surface area (Å²) in [5.74, 6) is 0.322. The number of rotatable bonds is 7. The van der Waals surface area contributed by atoms with Gasteiger partial charge in [0, 0.05) is 6.54 Å². The lowest BCUT2D eigenvalue weighted by Crippen LogP contribution is -2.24. The van der Waals surface area contributed by atoms with Crippen molar-refractivity contribution < 1.29 is 17.9 Å². The van der Waals surface area contributed by atoms with Gasteiger partial charge in [0.2, 0.25) is 10.0 Å². The molecule has 0 aliphatic rings. The first-order valence-electron chi connectivity index (χ1n) is 5.78. The van der Waals surface area contributed by atoms with E-state index in [0.717, 1.165) is 12.8 Å². The van der Waals surface area contributed by atoms with Crippen molar-refractivity contribution >= 4 is 32.2 Å². The molecule has 19 heavy (non-hydrogen) atoms. The minimum absolute atomic E-state index is 0.0402. The van der Waals surface area contributed by atoms with E-state index in [1.807, 2.05) is 6.92 Å². The van der Waals surface area contributed by atoms with E-state index in [1.165, 1.54) is 19.2 Å². The van der Waals surface area contributed by atoms with Crippen LogP contribution in [0.5, 0.6) is 5.75 Å². The van der Waals surface area contributed by atoms with Gasteiger partial charge in [-0.05, 0) is 34.5 Å². The topological polar surface area (TPSA) is 72.5 Å². The van der Waals surface area contributed by atoms with Crippen molar-refractivity contribution in [3.8, 4) is 5.75 Å². The minimum Gasteiger partial charge on any atom is -0.495 e. The molecule has 0 fully saturated rings. The van der Waals surface area contributed by atoms with Crippen LogP contribution < -0.4 is 9.46 Å². The normalized spacial score (nSPS) is 11.3. The summed E-state index contributed by atoms with van der Waals surface area (Å²) < 4.78 is 32.0. The van der Waals surface area contributed by atoms with Crippen LogP contribution in [-0.2, 0) is 10.0 Å². The highest BCUT2D eigenvalue weighted by atomic mass is 79.9. The maximum atomic E-state index is 12.0. The van der Waals surface area contributed by atoms with E-state index < -0.39 is 10.0 Å². The third-order valence-electron chi connectivity index (χ3n) is 2.51. The van der Waals surface area contributed by atoms with Gasteiger partial charge in [-0.3, -0.25) is 4.79 Å². The molecule has 0 radical (unpaired) electrons. The Morgan fingerprint density at radius 2 is 2.11 bits per heavy atom. The molecule has 0 heterocycles. The molecule has 1 aromatic carbocycles. The summed E-state index contributed by atoms with van der Waals surface area (Å²) in [6, 6.07) is 2.71. The molecule has 0 atom stereocenters. The van der Waals surface area contributed by atoms with Crippen LogP contribution in [0.15, 0.2) is 21.5 Å². The summed E-state index contributed by atoms with van der Waals surface area (Å²) in [6.07, 6.45) is 2.22. The van der Waals surface area contributed by atoms with Crippen molar-refractivity contribution in [3.63, 3.8) is 0 Å². The predicted molar refractivity (Wildman–Crippen MR) is 76.2 cm³/mol. The zero-order chi connectivity index (χ0) is 14.5. The smallest absolute Gasteiger partial charge is 0.240 e. The molecule has 1 rings (SSSR count). The van der Waals surface area contributed by atoms with Crippen molar-refractivity contribution in [3.05, 3.63) is 22.2 Å². The molecule has 0 aliphatic carbocycles. The third-order valence-corrected chi connectivity index (χ3v) is 4.54. The van der Waals surface area contributed by atoms with Crippen LogP contribution in [0.3, 0.4) is 0 Å². The summed E-state index contributed by atoms with van der Waals surface area (Å²) in [6.45, 7) is 2.35. The molecule has 0 aromatic heterocycles. The summed E-state index contributed by atoms with van der Waals surface area (Å²) in [5, 5.41) is 0. The first-order valence-corrected chi connectivity index (χ1v) is 8.06. The zero-order valence-electron chi connectivity index (χ0n) is 10.8. The van der Waals surface area contributed by atoms with Crippen LogP contribution in [-0.4, -0.2) is 28.4 Å². The number of carbonyl (C=O) groups is 1. The summed E-state index contributed by atoms with van der Waals surface area (Å²) in [7, 11) is -2.19. The maximum Gasteiger partial charge on any atom is 0.240 e. The van der Waals surface area contributed by atoms with Gasteiger partial charge in [0.25, 0.3) is 0 Å². The fourth-order valence-corrected chi connectivity index (χ4v) is 3.44. The van der Waals surface area contributed by atoms with Crippen molar-refractivity contribution in [2.45, 2.75) is 24.7 Å². The monoisotopic (exact) mass is 349 g/mol. The molecule has 0 saturated carbocycles. The van der Waals surface area contributed by atoms with Crippen LogP contribution in [0, 0.1) is 0 Å². The molecule has 0 spiro atoms. The number of sulfonamides is 1. The van der Waals surface area contributed by atoms with Crippen molar-refractivity contribution in [2.24, 2.45) is 0 Å². The molecular formula is C12H16BrNO4S. The van der Waals surface area contributed by atoms with Gasteiger partial charge in [0.05, 0.1) is 22.0 Å². The van der Waals surface area contributed by atoms with Gasteiger partial charge in [-0.15, -0.1) is 0 Å². The van der Waals surface area contributed by atoms with Gasteiger partial charge in [-0.2, -0.15) is 0 Å². The SMILES string of the molecule is CCCCNS(=O)(=O)c1cc(Br)c(OC)c(C=O)c1. The standard InChI is InChI=1S/C12H16BrNO4S/c1-3-4-5-14-19(16,17)10-6-9(8-15)12(18-2)11(13)7-10/h6-8,14H,3-5H2,1-2H3. The summed E-state index contributed by atoms with van der Waals surface area (Å²) in [4.78, 5) is 11.0. The Hall–Kier alpha value is -0.920. The number of unbranched alkanes of at least 4 members (excludes halogenated alkanes) is 1. The number of aldehydes is 1. The average Bonchev–Trinajstić information content (AvgIpc) is 2.37. The Bertz CT molecular complexity index is 557. The molecular weight excluding hydrogens is 334 g/mol. The first-order chi connectivity index (χ1) is 8.96. The molecule has 7 heteroatoms. The quantitative estimate of drug-likeness (QED) is 0.605. The Balaban J connectivity index is 3.14. The zero-order valence-corrected chi connectivity index (χ0v) is 13.2. The van der Waals surface area contributed by atoms with Crippen LogP contribution in [0.2, 0.25) is 0 Å². The second kappa shape index (κ2) is 7.02. The van der Waals surface area contributed by atoms with Gasteiger partial charge < -0.3 is 4.74 Å². The van der Waals surface area contributed by atoms with Crippen LogP contribution in [0.4, 0.5) is 0 Å². The molecule has 1 N–H and O–H groups in total. The maximum absolute atomic E-state index is 12.0. The van der Waals surface area contributed by atoms with Crippen LogP contribution in [0.25, 0.3) is 0 Å². The molecule has 1 aromatic rings. The molecule has 0 unspecified atom stereocenters. The van der Waals surface area contributed by atoms with E-state index in [1.54, 1.807) is 0 Å². The second-order valence-corrected chi connectivity index (χ2v) is 6.52. The second-order valence-electron chi connectivity index (χ2n) is 3.90. The highest BCUT2D eigenvalue weighted by Gasteiger charge is 2.18. The van der Waals surface area contributed by atoms with E-state index in [9.17, 15) is 13.2 Å². The van der Waals surface area contributed by atoms with Crippen LogP contribution >= 0.6 is 15.9 Å². The van der Waals surface area contributed by atoms with Crippen molar-refractivity contribution in [2.75, 3.05) is 13.7 Å². The number of hydrogen-bond donors (Lipinski definition) is 1. The van der Waals surface area contributed by atoms with E-state index >= 15 is 0 Å². The average molecular weight is 350 g/mol. The van der Waals surface area contributed by atoms with Gasteiger partial charge in [0.15, 0.2) is 6.29 Å². The Labute approximate surface area is 121 Å². The summed E-state index contributed by atoms with van der Waals surface area (Å²) in [5.41, 5.74) is 0.188. The highest BCUT2D eigenvalue weighted by molar-refractivity contribution is 9.10. The van der Waals surface area contributed by atoms with Gasteiger partial charge >= 0.3 is 0 Å². The molecule has 5 nitrogen and oxygen atoms in total. The number of ether oxygens (including phenoxy) is 1. The largest absolute Gasteiger partial charge is 0.495 e. The number of methoxy groups -OCH3 is 1. The predicted octanol–water partition coefficient (Wildman–Crippen LogP) is 2.35. The third kappa shape index (κ3) is 4.02. The molecule has 0 aliphatic heterocycles. The highest BCUT2D eigenvalue weighted by Crippen LogP contribution is 2.31. The Morgan fingerprint density at radius 1 is 1.42 bits per heavy atom. The number of carbonyl (C=O) groups excluding carboxylic acids is 1. The Morgan fingerprint density at radius 3 is 2.63 bits per heavy atom. The van der Waals surface area contributed by atoms with E-state index in [-0.39, 0.29) is 10.5 Å². The van der Waals surface area contributed by atoms with Crippen molar-refractivity contribution in [1.82, 2.24) is 4.72 Å². The molecule has 0 saturated heterocycles. The van der Waals surface area contributed by atoms with Crippen molar-refractivity contribution in [1.29, 1.82) is 0 Å². The fourth-order valence-electron chi connectivity index (χ4n) is 1.51. The van der Waals surface area contributed by atoms with Gasteiger partial charge in [0.1, 0.15) is 5.75 Å². The number of benzene rings is 1. The fraction of sp³-hybridized carbons (Fsp3) is 0.417. The molecule has 0 bridgehead atoms. The molecule has 106 valence electrons. The Kier molecular flexibility index (Phi) is 5.96. The van der Waals surface area contributed by atoms with E-state index in [0.29, 0.717) is 23.1 Å². The van der Waals surface area contributed by atoms with Crippen LogP contribution in [0.1, 0.15) is 30.1 Å². The number of nitrogens with one attached hydrogen (secondary N) is 1. The van der Waals surface area contributed by atoms with E-state index in [4.69, 9.17) is 4.74 Å². The lowest BCUT2D eigenvalue weighted by molar-refractivity contribution is 0.112.